The van der Waals surface area contributed by atoms with Gasteiger partial charge in [0.05, 0.1) is 4.92 Å². The second-order valence-corrected chi connectivity index (χ2v) is 5.36. The van der Waals surface area contributed by atoms with E-state index >= 15 is 0 Å². The predicted octanol–water partition coefficient (Wildman–Crippen LogP) is 2.22. The van der Waals surface area contributed by atoms with Crippen molar-refractivity contribution in [1.29, 1.82) is 0 Å². The number of alkyl halides is 3. The fraction of sp³-hybridized carbons (Fsp3) is 0.500. The standard InChI is InChI=1S/C14H18F3N3O4/c1-9(19(2)3)7-18-13(21)11-6-10(24-8-14(15,16)17)4-5-12(11)20(22)23/h4-6,9H,7-8H2,1-3H3,(H,18,21). The zero-order chi connectivity index (χ0) is 18.5. The second-order valence-electron chi connectivity index (χ2n) is 5.36. The minimum atomic E-state index is -4.55. The van der Waals surface area contributed by atoms with E-state index in [1.54, 1.807) is 14.1 Å². The van der Waals surface area contributed by atoms with Crippen molar-refractivity contribution in [1.82, 2.24) is 10.2 Å². The lowest BCUT2D eigenvalue weighted by atomic mass is 10.1. The summed E-state index contributed by atoms with van der Waals surface area (Å²) in [4.78, 5) is 24.2. The Morgan fingerprint density at radius 2 is 2.04 bits per heavy atom. The zero-order valence-corrected chi connectivity index (χ0v) is 13.4. The van der Waals surface area contributed by atoms with Crippen LogP contribution in [0.15, 0.2) is 18.2 Å². The lowest BCUT2D eigenvalue weighted by Gasteiger charge is -2.20. The summed E-state index contributed by atoms with van der Waals surface area (Å²) >= 11 is 0. The van der Waals surface area contributed by atoms with Gasteiger partial charge >= 0.3 is 6.18 Å². The summed E-state index contributed by atoms with van der Waals surface area (Å²) < 4.78 is 41.1. The SMILES string of the molecule is CC(CNC(=O)c1cc(OCC(F)(F)F)ccc1[N+](=O)[O-])N(C)C. The third kappa shape index (κ3) is 6.03. The molecule has 1 rings (SSSR count). The molecular formula is C14H18F3N3O4. The van der Waals surface area contributed by atoms with Crippen LogP contribution in [0.5, 0.6) is 5.75 Å². The number of hydrogen-bond acceptors (Lipinski definition) is 5. The van der Waals surface area contributed by atoms with Gasteiger partial charge < -0.3 is 15.0 Å². The van der Waals surface area contributed by atoms with Crippen LogP contribution >= 0.6 is 0 Å². The van der Waals surface area contributed by atoms with Crippen LogP contribution in [-0.4, -0.2) is 55.2 Å². The van der Waals surface area contributed by atoms with E-state index in [-0.39, 0.29) is 23.9 Å². The summed E-state index contributed by atoms with van der Waals surface area (Å²) in [6.45, 7) is 0.498. The average molecular weight is 349 g/mol. The van der Waals surface area contributed by atoms with Crippen molar-refractivity contribution in [2.24, 2.45) is 0 Å². The van der Waals surface area contributed by atoms with E-state index < -0.39 is 29.3 Å². The van der Waals surface area contributed by atoms with Crippen molar-refractivity contribution in [3.63, 3.8) is 0 Å². The van der Waals surface area contributed by atoms with Crippen LogP contribution in [0.25, 0.3) is 0 Å². The Bertz CT molecular complexity index is 605. The Hall–Kier alpha value is -2.36. The Morgan fingerprint density at radius 1 is 1.42 bits per heavy atom. The first kappa shape index (κ1) is 19.7. The molecule has 0 saturated heterocycles. The van der Waals surface area contributed by atoms with E-state index in [4.69, 9.17) is 0 Å². The van der Waals surface area contributed by atoms with E-state index in [1.807, 2.05) is 11.8 Å². The van der Waals surface area contributed by atoms with Crippen molar-refractivity contribution in [2.45, 2.75) is 19.1 Å². The molecule has 0 radical (unpaired) electrons. The van der Waals surface area contributed by atoms with Gasteiger partial charge in [-0.3, -0.25) is 14.9 Å². The molecule has 1 aromatic rings. The third-order valence-electron chi connectivity index (χ3n) is 3.25. The predicted molar refractivity (Wildman–Crippen MR) is 80.1 cm³/mol. The molecule has 7 nitrogen and oxygen atoms in total. The first-order valence-electron chi connectivity index (χ1n) is 6.94. The minimum Gasteiger partial charge on any atom is -0.484 e. The van der Waals surface area contributed by atoms with Gasteiger partial charge in [-0.15, -0.1) is 0 Å². The molecule has 24 heavy (non-hydrogen) atoms. The van der Waals surface area contributed by atoms with Gasteiger partial charge in [-0.2, -0.15) is 13.2 Å². The lowest BCUT2D eigenvalue weighted by molar-refractivity contribution is -0.385. The number of ether oxygens (including phenoxy) is 1. The van der Waals surface area contributed by atoms with Gasteiger partial charge in [0.25, 0.3) is 11.6 Å². The summed E-state index contributed by atoms with van der Waals surface area (Å²) in [6, 6.07) is 2.86. The number of amides is 1. The number of halogens is 3. The molecule has 0 spiro atoms. The number of likely N-dealkylation sites (N-methyl/N-ethyl adjacent to an activating group) is 1. The molecule has 0 saturated carbocycles. The van der Waals surface area contributed by atoms with Crippen LogP contribution in [0.4, 0.5) is 18.9 Å². The number of benzene rings is 1. The number of rotatable bonds is 7. The van der Waals surface area contributed by atoms with Crippen molar-refractivity contribution < 1.29 is 27.6 Å². The van der Waals surface area contributed by atoms with Crippen LogP contribution in [0.3, 0.4) is 0 Å². The topological polar surface area (TPSA) is 84.7 Å². The molecule has 0 fully saturated rings. The highest BCUT2D eigenvalue weighted by molar-refractivity contribution is 5.98. The Morgan fingerprint density at radius 3 is 2.54 bits per heavy atom. The molecule has 0 bridgehead atoms. The van der Waals surface area contributed by atoms with Gasteiger partial charge in [0.2, 0.25) is 0 Å². The van der Waals surface area contributed by atoms with Crippen molar-refractivity contribution in [3.05, 3.63) is 33.9 Å². The Balaban J connectivity index is 2.96. The maximum absolute atomic E-state index is 12.2. The average Bonchev–Trinajstić information content (AvgIpc) is 2.48. The van der Waals surface area contributed by atoms with Gasteiger partial charge in [-0.05, 0) is 33.2 Å². The first-order chi connectivity index (χ1) is 11.0. The summed E-state index contributed by atoms with van der Waals surface area (Å²) in [5.74, 6) is -1.03. The van der Waals surface area contributed by atoms with Crippen LogP contribution < -0.4 is 10.1 Å². The van der Waals surface area contributed by atoms with Gasteiger partial charge in [-0.25, -0.2) is 0 Å². The molecule has 0 heterocycles. The fourth-order valence-corrected chi connectivity index (χ4v) is 1.63. The molecule has 0 aliphatic rings. The molecule has 1 aromatic carbocycles. The monoisotopic (exact) mass is 349 g/mol. The molecule has 10 heteroatoms. The summed E-state index contributed by atoms with van der Waals surface area (Å²) in [7, 11) is 3.59. The largest absolute Gasteiger partial charge is 0.484 e. The maximum Gasteiger partial charge on any atom is 0.422 e. The number of nitrogens with zero attached hydrogens (tertiary/aromatic N) is 2. The fourth-order valence-electron chi connectivity index (χ4n) is 1.63. The molecule has 1 amide bonds. The number of carbonyl (C=O) groups excluding carboxylic acids is 1. The highest BCUT2D eigenvalue weighted by Gasteiger charge is 2.29. The van der Waals surface area contributed by atoms with Crippen LogP contribution in [0.2, 0.25) is 0 Å². The molecule has 0 aliphatic carbocycles. The molecule has 134 valence electrons. The van der Waals surface area contributed by atoms with E-state index in [0.717, 1.165) is 18.2 Å². The molecule has 1 unspecified atom stereocenters. The quantitative estimate of drug-likeness (QED) is 0.603. The number of carbonyl (C=O) groups is 1. The summed E-state index contributed by atoms with van der Waals surface area (Å²) in [6.07, 6.45) is -4.55. The molecular weight excluding hydrogens is 331 g/mol. The highest BCUT2D eigenvalue weighted by Crippen LogP contribution is 2.25. The zero-order valence-electron chi connectivity index (χ0n) is 13.4. The van der Waals surface area contributed by atoms with Crippen LogP contribution in [0.1, 0.15) is 17.3 Å². The smallest absolute Gasteiger partial charge is 0.422 e. The highest BCUT2D eigenvalue weighted by atomic mass is 19.4. The molecule has 0 aliphatic heterocycles. The van der Waals surface area contributed by atoms with Gasteiger partial charge in [0.1, 0.15) is 11.3 Å². The number of nitro groups is 1. The van der Waals surface area contributed by atoms with Crippen LogP contribution in [0, 0.1) is 10.1 Å². The molecule has 0 aromatic heterocycles. The maximum atomic E-state index is 12.2. The molecule has 1 N–H and O–H groups in total. The number of hydrogen-bond donors (Lipinski definition) is 1. The molecule has 1 atom stereocenters. The van der Waals surface area contributed by atoms with Crippen molar-refractivity contribution in [3.8, 4) is 5.75 Å². The minimum absolute atomic E-state index is 0.0299. The van der Waals surface area contributed by atoms with Crippen molar-refractivity contribution >= 4 is 11.6 Å². The lowest BCUT2D eigenvalue weighted by Crippen LogP contribution is -2.38. The van der Waals surface area contributed by atoms with E-state index in [1.165, 1.54) is 0 Å². The summed E-state index contributed by atoms with van der Waals surface area (Å²) in [5.41, 5.74) is -0.866. The van der Waals surface area contributed by atoms with Crippen molar-refractivity contribution in [2.75, 3.05) is 27.2 Å². The van der Waals surface area contributed by atoms with Gasteiger partial charge in [-0.1, -0.05) is 0 Å². The third-order valence-corrected chi connectivity index (χ3v) is 3.25. The normalized spacial score (nSPS) is 12.8. The Kier molecular flexibility index (Phi) is 6.52. The van der Waals surface area contributed by atoms with Crippen LogP contribution in [-0.2, 0) is 0 Å². The Labute approximate surface area is 136 Å². The van der Waals surface area contributed by atoms with Gasteiger partial charge in [0.15, 0.2) is 6.61 Å². The van der Waals surface area contributed by atoms with E-state index in [0.29, 0.717) is 0 Å². The first-order valence-corrected chi connectivity index (χ1v) is 6.94. The summed E-state index contributed by atoms with van der Waals surface area (Å²) in [5, 5.41) is 13.5. The second kappa shape index (κ2) is 7.95. The van der Waals surface area contributed by atoms with Gasteiger partial charge in [0, 0.05) is 18.7 Å². The van der Waals surface area contributed by atoms with E-state index in [2.05, 4.69) is 10.1 Å². The number of nitro benzene ring substituents is 1. The number of nitrogens with one attached hydrogen (secondary N) is 1. The van der Waals surface area contributed by atoms with E-state index in [9.17, 15) is 28.1 Å².